The molecule has 4 nitrogen and oxygen atoms in total. The van der Waals surface area contributed by atoms with E-state index < -0.39 is 0 Å². The second kappa shape index (κ2) is 7.50. The van der Waals surface area contributed by atoms with Crippen molar-refractivity contribution in [1.82, 2.24) is 9.88 Å². The maximum atomic E-state index is 11.6. The Bertz CT molecular complexity index is 593. The average molecular weight is 272 g/mol. The van der Waals surface area contributed by atoms with Crippen LogP contribution >= 0.6 is 0 Å². The molecule has 0 aliphatic carbocycles. The summed E-state index contributed by atoms with van der Waals surface area (Å²) in [6.07, 6.45) is 1.77. The van der Waals surface area contributed by atoms with E-state index in [-0.39, 0.29) is 5.56 Å². The Hall–Kier alpha value is -2.07. The van der Waals surface area contributed by atoms with Gasteiger partial charge in [0.15, 0.2) is 0 Å². The molecule has 1 aromatic heterocycles. The van der Waals surface area contributed by atoms with Gasteiger partial charge in [-0.3, -0.25) is 4.79 Å². The molecule has 0 aliphatic heterocycles. The Morgan fingerprint density at radius 3 is 2.75 bits per heavy atom. The van der Waals surface area contributed by atoms with Crippen LogP contribution in [0.25, 0.3) is 0 Å². The summed E-state index contributed by atoms with van der Waals surface area (Å²) >= 11 is 0. The fraction of sp³-hybridized carbons (Fsp3) is 0.312. The Kier molecular flexibility index (Phi) is 5.38. The largest absolute Gasteiger partial charge is 0.491 e. The first-order valence-corrected chi connectivity index (χ1v) is 6.88. The van der Waals surface area contributed by atoms with Gasteiger partial charge in [-0.2, -0.15) is 0 Å². The van der Waals surface area contributed by atoms with Gasteiger partial charge in [0.2, 0.25) is 0 Å². The van der Waals surface area contributed by atoms with Gasteiger partial charge in [-0.25, -0.2) is 0 Å². The van der Waals surface area contributed by atoms with Gasteiger partial charge in [0.05, 0.1) is 6.54 Å². The lowest BCUT2D eigenvalue weighted by molar-refractivity contribution is 0.293. The van der Waals surface area contributed by atoms with E-state index in [0.29, 0.717) is 13.2 Å². The summed E-state index contributed by atoms with van der Waals surface area (Å²) in [6.45, 7) is 4.82. The number of nitrogens with one attached hydrogen (secondary N) is 1. The lowest BCUT2D eigenvalue weighted by Gasteiger charge is -2.12. The topological polar surface area (TPSA) is 43.3 Å². The third kappa shape index (κ3) is 3.96. The number of nitrogens with zero attached hydrogens (tertiary/aromatic N) is 1. The van der Waals surface area contributed by atoms with Crippen molar-refractivity contribution in [2.75, 3.05) is 13.2 Å². The molecule has 0 saturated heterocycles. The molecule has 0 amide bonds. The number of benzene rings is 1. The van der Waals surface area contributed by atoms with Crippen LogP contribution in [0.4, 0.5) is 0 Å². The molecule has 106 valence electrons. The van der Waals surface area contributed by atoms with E-state index in [9.17, 15) is 4.79 Å². The Morgan fingerprint density at radius 1 is 1.15 bits per heavy atom. The van der Waals surface area contributed by atoms with Crippen molar-refractivity contribution in [2.24, 2.45) is 0 Å². The van der Waals surface area contributed by atoms with Gasteiger partial charge in [-0.1, -0.05) is 31.2 Å². The third-order valence-corrected chi connectivity index (χ3v) is 3.03. The van der Waals surface area contributed by atoms with Crippen molar-refractivity contribution in [2.45, 2.75) is 20.0 Å². The highest BCUT2D eigenvalue weighted by Crippen LogP contribution is 2.17. The first kappa shape index (κ1) is 14.3. The summed E-state index contributed by atoms with van der Waals surface area (Å²) in [5.74, 6) is 0.873. The van der Waals surface area contributed by atoms with Crippen LogP contribution in [0.3, 0.4) is 0 Å². The molecule has 2 rings (SSSR count). The van der Waals surface area contributed by atoms with Gasteiger partial charge in [-0.05, 0) is 18.7 Å². The van der Waals surface area contributed by atoms with Gasteiger partial charge in [-0.15, -0.1) is 0 Å². The number of pyridine rings is 1. The van der Waals surface area contributed by atoms with E-state index in [1.807, 2.05) is 30.3 Å². The molecule has 0 atom stereocenters. The zero-order chi connectivity index (χ0) is 14.2. The van der Waals surface area contributed by atoms with Crippen molar-refractivity contribution in [1.29, 1.82) is 0 Å². The number of rotatable bonds is 7. The van der Waals surface area contributed by atoms with Crippen LogP contribution < -0.4 is 15.6 Å². The monoisotopic (exact) mass is 272 g/mol. The molecule has 20 heavy (non-hydrogen) atoms. The van der Waals surface area contributed by atoms with Gasteiger partial charge < -0.3 is 14.6 Å². The SMILES string of the molecule is CCNCc1ccccc1OCCn1ccccc1=O. The van der Waals surface area contributed by atoms with Crippen molar-refractivity contribution in [3.05, 3.63) is 64.6 Å². The summed E-state index contributed by atoms with van der Waals surface area (Å²) < 4.78 is 7.44. The predicted octanol–water partition coefficient (Wildman–Crippen LogP) is 2.04. The summed E-state index contributed by atoms with van der Waals surface area (Å²) in [6, 6.07) is 13.1. The molecule has 0 aliphatic rings. The second-order valence-corrected chi connectivity index (χ2v) is 4.47. The highest BCUT2D eigenvalue weighted by Gasteiger charge is 2.02. The molecule has 0 fully saturated rings. The van der Waals surface area contributed by atoms with E-state index in [0.717, 1.165) is 24.4 Å². The number of ether oxygens (including phenoxy) is 1. The van der Waals surface area contributed by atoms with Crippen LogP contribution in [-0.4, -0.2) is 17.7 Å². The van der Waals surface area contributed by atoms with E-state index in [4.69, 9.17) is 4.74 Å². The van der Waals surface area contributed by atoms with Gasteiger partial charge >= 0.3 is 0 Å². The maximum absolute atomic E-state index is 11.6. The van der Waals surface area contributed by atoms with Crippen LogP contribution in [0.2, 0.25) is 0 Å². The van der Waals surface area contributed by atoms with E-state index in [2.05, 4.69) is 12.2 Å². The first-order chi connectivity index (χ1) is 9.81. The zero-order valence-electron chi connectivity index (χ0n) is 11.7. The van der Waals surface area contributed by atoms with Crippen LogP contribution in [0.1, 0.15) is 12.5 Å². The molecule has 1 heterocycles. The molecular weight excluding hydrogens is 252 g/mol. The minimum Gasteiger partial charge on any atom is -0.491 e. The molecule has 0 unspecified atom stereocenters. The zero-order valence-corrected chi connectivity index (χ0v) is 11.7. The molecular formula is C16H20N2O2. The Balaban J connectivity index is 1.94. The van der Waals surface area contributed by atoms with Crippen LogP contribution in [0.15, 0.2) is 53.5 Å². The Morgan fingerprint density at radius 2 is 1.95 bits per heavy atom. The summed E-state index contributed by atoms with van der Waals surface area (Å²) in [4.78, 5) is 11.6. The molecule has 0 spiro atoms. The van der Waals surface area contributed by atoms with Crippen molar-refractivity contribution in [3.63, 3.8) is 0 Å². The summed E-state index contributed by atoms with van der Waals surface area (Å²) in [5.41, 5.74) is 1.13. The fourth-order valence-electron chi connectivity index (χ4n) is 1.95. The lowest BCUT2D eigenvalue weighted by atomic mass is 10.2. The van der Waals surface area contributed by atoms with Crippen LogP contribution in [0.5, 0.6) is 5.75 Å². The van der Waals surface area contributed by atoms with Crippen molar-refractivity contribution in [3.8, 4) is 5.75 Å². The van der Waals surface area contributed by atoms with Crippen molar-refractivity contribution >= 4 is 0 Å². The molecule has 1 aromatic carbocycles. The quantitative estimate of drug-likeness (QED) is 0.838. The van der Waals surface area contributed by atoms with Gasteiger partial charge in [0, 0.05) is 24.4 Å². The number of hydrogen-bond donors (Lipinski definition) is 1. The molecule has 0 saturated carbocycles. The minimum absolute atomic E-state index is 0.00275. The van der Waals surface area contributed by atoms with Crippen molar-refractivity contribution < 1.29 is 4.74 Å². The van der Waals surface area contributed by atoms with E-state index in [1.165, 1.54) is 0 Å². The first-order valence-electron chi connectivity index (χ1n) is 6.88. The number of hydrogen-bond acceptors (Lipinski definition) is 3. The van der Waals surface area contributed by atoms with Gasteiger partial charge in [0.1, 0.15) is 12.4 Å². The standard InChI is InChI=1S/C16H20N2O2/c1-2-17-13-14-7-3-4-8-15(14)20-12-11-18-10-6-5-9-16(18)19/h3-10,17H,2,11-13H2,1H3. The van der Waals surface area contributed by atoms with Crippen LogP contribution in [-0.2, 0) is 13.1 Å². The third-order valence-electron chi connectivity index (χ3n) is 3.03. The normalized spacial score (nSPS) is 10.4. The van der Waals surface area contributed by atoms with E-state index in [1.54, 1.807) is 22.9 Å². The second-order valence-electron chi connectivity index (χ2n) is 4.47. The highest BCUT2D eigenvalue weighted by atomic mass is 16.5. The van der Waals surface area contributed by atoms with Gasteiger partial charge in [0.25, 0.3) is 5.56 Å². The molecule has 4 heteroatoms. The minimum atomic E-state index is -0.00275. The smallest absolute Gasteiger partial charge is 0.250 e. The number of para-hydroxylation sites is 1. The highest BCUT2D eigenvalue weighted by molar-refractivity contribution is 5.33. The number of aromatic nitrogens is 1. The average Bonchev–Trinajstić information content (AvgIpc) is 2.48. The fourth-order valence-corrected chi connectivity index (χ4v) is 1.95. The molecule has 0 radical (unpaired) electrons. The summed E-state index contributed by atoms with van der Waals surface area (Å²) in [5, 5.41) is 3.29. The lowest BCUT2D eigenvalue weighted by Crippen LogP contribution is -2.21. The predicted molar refractivity (Wildman–Crippen MR) is 80.0 cm³/mol. The maximum Gasteiger partial charge on any atom is 0.250 e. The molecule has 0 bridgehead atoms. The molecule has 1 N–H and O–H groups in total. The Labute approximate surface area is 119 Å². The molecule has 2 aromatic rings. The van der Waals surface area contributed by atoms with E-state index >= 15 is 0 Å². The summed E-state index contributed by atoms with van der Waals surface area (Å²) in [7, 11) is 0. The van der Waals surface area contributed by atoms with Crippen LogP contribution in [0, 0.1) is 0 Å².